The van der Waals surface area contributed by atoms with E-state index >= 15 is 0 Å². The second-order valence-electron chi connectivity index (χ2n) is 9.79. The van der Waals surface area contributed by atoms with Crippen molar-refractivity contribution in [2.24, 2.45) is 0 Å². The van der Waals surface area contributed by atoms with Crippen molar-refractivity contribution in [1.29, 1.82) is 0 Å². The van der Waals surface area contributed by atoms with Crippen molar-refractivity contribution in [1.82, 2.24) is 5.16 Å². The lowest BCUT2D eigenvalue weighted by molar-refractivity contribution is 0.0202. The minimum atomic E-state index is -1.16. The maximum absolute atomic E-state index is 14.8. The van der Waals surface area contributed by atoms with Crippen LogP contribution in [0.4, 0.5) is 10.1 Å². The van der Waals surface area contributed by atoms with E-state index in [0.29, 0.717) is 46.1 Å². The number of anilines is 1. The quantitative estimate of drug-likeness (QED) is 0.402. The van der Waals surface area contributed by atoms with Crippen molar-refractivity contribution in [3.8, 4) is 11.3 Å². The third kappa shape index (κ3) is 4.03. The molecule has 2 aromatic carbocycles. The van der Waals surface area contributed by atoms with Crippen LogP contribution in [0.2, 0.25) is 5.02 Å². The first-order valence-corrected chi connectivity index (χ1v) is 12.5. The lowest BCUT2D eigenvalue weighted by Gasteiger charge is -2.40. The lowest BCUT2D eigenvalue weighted by atomic mass is 9.98. The van der Waals surface area contributed by atoms with Gasteiger partial charge in [0.2, 0.25) is 0 Å². The highest BCUT2D eigenvalue weighted by Gasteiger charge is 2.44. The van der Waals surface area contributed by atoms with E-state index in [2.05, 4.69) is 5.16 Å². The van der Waals surface area contributed by atoms with Crippen LogP contribution in [0.3, 0.4) is 0 Å². The Morgan fingerprint density at radius 3 is 2.44 bits per heavy atom. The van der Waals surface area contributed by atoms with Gasteiger partial charge in [0.25, 0.3) is 0 Å². The topological polar surface area (TPSA) is 92.9 Å². The van der Waals surface area contributed by atoms with Gasteiger partial charge in [0.1, 0.15) is 23.2 Å². The van der Waals surface area contributed by atoms with Gasteiger partial charge in [-0.05, 0) is 49.9 Å². The van der Waals surface area contributed by atoms with Crippen molar-refractivity contribution >= 4 is 29.2 Å². The zero-order chi connectivity index (χ0) is 25.0. The number of hydrogen-bond donors (Lipinski definition) is 1. The summed E-state index contributed by atoms with van der Waals surface area (Å²) in [6.45, 7) is 0. The molecule has 3 aromatic rings. The van der Waals surface area contributed by atoms with Crippen LogP contribution in [0.5, 0.6) is 0 Å². The van der Waals surface area contributed by atoms with Gasteiger partial charge in [-0.3, -0.25) is 0 Å². The van der Waals surface area contributed by atoms with Crippen molar-refractivity contribution < 1.29 is 28.3 Å². The Hall–Kier alpha value is -3.39. The number of nitrogens with zero attached hydrogens (tertiary/aromatic N) is 2. The van der Waals surface area contributed by atoms with E-state index in [1.807, 2.05) is 17.0 Å². The highest BCUT2D eigenvalue weighted by Crippen LogP contribution is 2.46. The number of ether oxygens (including phenoxy) is 1. The molecule has 1 unspecified atom stereocenters. The molecule has 0 spiro atoms. The minimum absolute atomic E-state index is 0.000133. The molecule has 3 fully saturated rings. The first-order valence-electron chi connectivity index (χ1n) is 12.2. The maximum atomic E-state index is 14.8. The number of fused-ring (bicyclic) bond motifs is 2. The predicted molar refractivity (Wildman–Crippen MR) is 130 cm³/mol. The average Bonchev–Trinajstić information content (AvgIpc) is 3.55. The van der Waals surface area contributed by atoms with E-state index in [1.165, 1.54) is 12.1 Å². The molecule has 1 N–H and O–H groups in total. The molecule has 3 heterocycles. The fraction of sp³-hybridized carbons (Fsp3) is 0.370. The Morgan fingerprint density at radius 1 is 1.08 bits per heavy atom. The van der Waals surface area contributed by atoms with Gasteiger partial charge in [0, 0.05) is 36.4 Å². The fourth-order valence-corrected chi connectivity index (χ4v) is 5.86. The Kier molecular flexibility index (Phi) is 5.71. The standard InChI is InChI=1S/C27H24ClFN2O5/c28-20-4-2-1-3-19(20)24-23(25(36-30-24)14-5-6-14)27(34)35-18-12-16-8-9-17(13-18)31(16)22-10-7-15(26(32)33)11-21(22)29/h1-4,7,10-11,14,16-18H,5-6,8-9,12-13H2,(H,32,33)/t16-,17+,18?. The molecule has 7 nitrogen and oxygen atoms in total. The maximum Gasteiger partial charge on any atom is 0.344 e. The lowest BCUT2D eigenvalue weighted by Crippen LogP contribution is -2.46. The third-order valence-corrected chi connectivity index (χ3v) is 7.77. The number of piperidine rings is 1. The minimum Gasteiger partial charge on any atom is -0.478 e. The Balaban J connectivity index is 1.23. The number of hydrogen-bond acceptors (Lipinski definition) is 6. The molecule has 3 atom stereocenters. The van der Waals surface area contributed by atoms with Gasteiger partial charge >= 0.3 is 11.9 Å². The number of aromatic carboxylic acids is 1. The monoisotopic (exact) mass is 510 g/mol. The molecule has 186 valence electrons. The van der Waals surface area contributed by atoms with Gasteiger partial charge < -0.3 is 19.3 Å². The van der Waals surface area contributed by atoms with Gasteiger partial charge in [-0.2, -0.15) is 0 Å². The van der Waals surface area contributed by atoms with Crippen LogP contribution in [0.15, 0.2) is 47.0 Å². The van der Waals surface area contributed by atoms with Gasteiger partial charge in [0.05, 0.1) is 16.3 Å². The number of benzene rings is 2. The number of halogens is 2. The van der Waals surface area contributed by atoms with E-state index in [0.717, 1.165) is 31.7 Å². The summed E-state index contributed by atoms with van der Waals surface area (Å²) in [6, 6.07) is 11.2. The van der Waals surface area contributed by atoms with Crippen LogP contribution in [0.1, 0.15) is 70.9 Å². The zero-order valence-corrected chi connectivity index (χ0v) is 20.1. The van der Waals surface area contributed by atoms with Crippen LogP contribution >= 0.6 is 11.6 Å². The summed E-state index contributed by atoms with van der Waals surface area (Å²) in [4.78, 5) is 26.7. The number of aromatic nitrogens is 1. The first kappa shape index (κ1) is 23.0. The summed E-state index contributed by atoms with van der Waals surface area (Å²) in [6.07, 6.45) is 4.38. The van der Waals surface area contributed by atoms with E-state index in [4.69, 9.17) is 26.0 Å². The number of carboxylic acids is 1. The normalized spacial score (nSPS) is 23.1. The van der Waals surface area contributed by atoms with Crippen molar-refractivity contribution in [2.75, 3.05) is 4.90 Å². The average molecular weight is 511 g/mol. The fourth-order valence-electron chi connectivity index (χ4n) is 5.64. The van der Waals surface area contributed by atoms with Crippen LogP contribution in [0.25, 0.3) is 11.3 Å². The molecule has 2 saturated heterocycles. The number of carboxylic acid groups (broad SMARTS) is 1. The molecule has 0 amide bonds. The van der Waals surface area contributed by atoms with Crippen LogP contribution < -0.4 is 4.90 Å². The van der Waals surface area contributed by atoms with E-state index < -0.39 is 17.8 Å². The molecule has 9 heteroatoms. The van der Waals surface area contributed by atoms with Crippen molar-refractivity contribution in [3.05, 3.63) is 70.2 Å². The molecule has 6 rings (SSSR count). The summed E-state index contributed by atoms with van der Waals surface area (Å²) >= 11 is 6.39. The van der Waals surface area contributed by atoms with Crippen LogP contribution in [-0.2, 0) is 4.74 Å². The zero-order valence-electron chi connectivity index (χ0n) is 19.3. The molecular formula is C27H24ClFN2O5. The molecular weight excluding hydrogens is 487 g/mol. The molecule has 3 aliphatic rings. The van der Waals surface area contributed by atoms with Gasteiger partial charge in [0.15, 0.2) is 5.76 Å². The molecule has 1 aromatic heterocycles. The first-order chi connectivity index (χ1) is 17.4. The molecule has 0 radical (unpaired) electrons. The number of carbonyl (C=O) groups is 2. The molecule has 1 aliphatic carbocycles. The SMILES string of the molecule is O=C(O)c1ccc(N2[C@@H]3CC[C@H]2CC(OC(=O)c2c(-c4ccccc4Cl)noc2C2CC2)C3)c(F)c1. The van der Waals surface area contributed by atoms with E-state index in [9.17, 15) is 14.0 Å². The predicted octanol–water partition coefficient (Wildman–Crippen LogP) is 6.07. The van der Waals surface area contributed by atoms with Crippen molar-refractivity contribution in [3.63, 3.8) is 0 Å². The van der Waals surface area contributed by atoms with Crippen LogP contribution in [0, 0.1) is 5.82 Å². The van der Waals surface area contributed by atoms with Gasteiger partial charge in [-0.15, -0.1) is 0 Å². The van der Waals surface area contributed by atoms with E-state index in [-0.39, 0.29) is 29.7 Å². The van der Waals surface area contributed by atoms with E-state index in [1.54, 1.807) is 12.1 Å². The summed E-state index contributed by atoms with van der Waals surface area (Å²) in [7, 11) is 0. The second-order valence-corrected chi connectivity index (χ2v) is 10.2. The Labute approximate surface area is 211 Å². The number of carbonyl (C=O) groups excluding carboxylic acids is 1. The molecule has 2 bridgehead atoms. The summed E-state index contributed by atoms with van der Waals surface area (Å²) in [5, 5.41) is 13.8. The van der Waals surface area contributed by atoms with Crippen molar-refractivity contribution in [2.45, 2.75) is 62.6 Å². The molecule has 36 heavy (non-hydrogen) atoms. The number of esters is 1. The third-order valence-electron chi connectivity index (χ3n) is 7.44. The van der Waals surface area contributed by atoms with Crippen LogP contribution in [-0.4, -0.2) is 40.4 Å². The second kappa shape index (κ2) is 8.92. The Bertz CT molecular complexity index is 1340. The highest BCUT2D eigenvalue weighted by atomic mass is 35.5. The number of rotatable bonds is 6. The summed E-state index contributed by atoms with van der Waals surface area (Å²) in [5.41, 5.74) is 1.68. The smallest absolute Gasteiger partial charge is 0.344 e. The summed E-state index contributed by atoms with van der Waals surface area (Å²) < 4.78 is 26.4. The summed E-state index contributed by atoms with van der Waals surface area (Å²) in [5.74, 6) is -1.47. The Morgan fingerprint density at radius 2 is 1.81 bits per heavy atom. The molecule has 1 saturated carbocycles. The molecule has 2 aliphatic heterocycles. The van der Waals surface area contributed by atoms with Gasteiger partial charge in [-0.1, -0.05) is 35.0 Å². The largest absolute Gasteiger partial charge is 0.478 e. The highest BCUT2D eigenvalue weighted by molar-refractivity contribution is 6.33. The van der Waals surface area contributed by atoms with Gasteiger partial charge in [-0.25, -0.2) is 14.0 Å².